The van der Waals surface area contributed by atoms with Gasteiger partial charge in [0.15, 0.2) is 0 Å². The van der Waals surface area contributed by atoms with Gasteiger partial charge in [0.05, 0.1) is 0 Å². The Bertz CT molecular complexity index is 457. The van der Waals surface area contributed by atoms with Crippen LogP contribution in [0.3, 0.4) is 0 Å². The third-order valence-electron chi connectivity index (χ3n) is 2.10. The van der Waals surface area contributed by atoms with Gasteiger partial charge in [-0.15, -0.1) is 0 Å². The molecule has 0 spiro atoms. The first-order chi connectivity index (χ1) is 6.68. The minimum Gasteiger partial charge on any atom is -0.465 e. The van der Waals surface area contributed by atoms with Gasteiger partial charge in [-0.1, -0.05) is 29.8 Å². The normalized spacial score (nSPS) is 10.5. The van der Waals surface area contributed by atoms with Gasteiger partial charge in [-0.3, -0.25) is 0 Å². The SMILES string of the molecule is Cc1[c]c(-c2ccccc2Cl)c(C)o1. The van der Waals surface area contributed by atoms with E-state index in [0.717, 1.165) is 27.7 Å². The van der Waals surface area contributed by atoms with E-state index in [0.29, 0.717) is 0 Å². The summed E-state index contributed by atoms with van der Waals surface area (Å²) >= 11 is 6.08. The second-order valence-corrected chi connectivity index (χ2v) is 3.60. The van der Waals surface area contributed by atoms with Crippen molar-refractivity contribution >= 4 is 11.6 Å². The van der Waals surface area contributed by atoms with Crippen LogP contribution in [0.25, 0.3) is 11.1 Å². The molecule has 2 aromatic rings. The van der Waals surface area contributed by atoms with Gasteiger partial charge in [-0.25, -0.2) is 0 Å². The predicted octanol–water partition coefficient (Wildman–Crippen LogP) is 4.02. The number of aryl methyl sites for hydroxylation is 2. The van der Waals surface area contributed by atoms with Gasteiger partial charge in [0.25, 0.3) is 0 Å². The van der Waals surface area contributed by atoms with Crippen LogP contribution in [0.1, 0.15) is 11.5 Å². The minimum atomic E-state index is 0.729. The molecule has 0 fully saturated rings. The Kier molecular flexibility index (Phi) is 2.34. The van der Waals surface area contributed by atoms with Crippen LogP contribution in [-0.4, -0.2) is 0 Å². The van der Waals surface area contributed by atoms with Gasteiger partial charge < -0.3 is 4.42 Å². The molecule has 1 aromatic carbocycles. The number of benzene rings is 1. The van der Waals surface area contributed by atoms with E-state index in [4.69, 9.17) is 16.0 Å². The number of rotatable bonds is 1. The molecule has 0 atom stereocenters. The Morgan fingerprint density at radius 2 is 1.93 bits per heavy atom. The maximum atomic E-state index is 6.08. The predicted molar refractivity (Wildman–Crippen MR) is 57.5 cm³/mol. The lowest BCUT2D eigenvalue weighted by molar-refractivity contribution is 0.505. The first kappa shape index (κ1) is 9.35. The molecule has 0 aliphatic rings. The fourth-order valence-corrected chi connectivity index (χ4v) is 1.72. The summed E-state index contributed by atoms with van der Waals surface area (Å²) in [5, 5.41) is 0.729. The molecule has 0 saturated heterocycles. The zero-order valence-corrected chi connectivity index (χ0v) is 8.85. The van der Waals surface area contributed by atoms with Gasteiger partial charge in [0.2, 0.25) is 0 Å². The molecule has 1 radical (unpaired) electrons. The fourth-order valence-electron chi connectivity index (χ4n) is 1.49. The molecule has 71 valence electrons. The largest absolute Gasteiger partial charge is 0.465 e. The van der Waals surface area contributed by atoms with Crippen molar-refractivity contribution in [3.8, 4) is 11.1 Å². The molecule has 1 nitrogen and oxygen atoms in total. The van der Waals surface area contributed by atoms with E-state index in [1.807, 2.05) is 38.1 Å². The van der Waals surface area contributed by atoms with Gasteiger partial charge in [-0.05, 0) is 19.9 Å². The Balaban J connectivity index is 2.60. The summed E-state index contributed by atoms with van der Waals surface area (Å²) in [6.07, 6.45) is 0. The molecule has 0 aliphatic heterocycles. The molecule has 0 unspecified atom stereocenters. The molecule has 2 heteroatoms. The highest BCUT2D eigenvalue weighted by Crippen LogP contribution is 2.31. The Labute approximate surface area is 88.3 Å². The summed E-state index contributed by atoms with van der Waals surface area (Å²) < 4.78 is 5.41. The van der Waals surface area contributed by atoms with Gasteiger partial charge in [-0.2, -0.15) is 0 Å². The second kappa shape index (κ2) is 3.50. The molecule has 1 heterocycles. The number of hydrogen-bond acceptors (Lipinski definition) is 1. The maximum absolute atomic E-state index is 6.08. The summed E-state index contributed by atoms with van der Waals surface area (Å²) in [4.78, 5) is 0. The van der Waals surface area contributed by atoms with Crippen LogP contribution < -0.4 is 0 Å². The number of halogens is 1. The van der Waals surface area contributed by atoms with Gasteiger partial charge in [0, 0.05) is 22.2 Å². The monoisotopic (exact) mass is 205 g/mol. The van der Waals surface area contributed by atoms with Crippen molar-refractivity contribution in [2.24, 2.45) is 0 Å². The van der Waals surface area contributed by atoms with Crippen molar-refractivity contribution < 1.29 is 4.42 Å². The van der Waals surface area contributed by atoms with Crippen LogP contribution in [0.4, 0.5) is 0 Å². The first-order valence-corrected chi connectivity index (χ1v) is 4.80. The van der Waals surface area contributed by atoms with Crippen LogP contribution >= 0.6 is 11.6 Å². The van der Waals surface area contributed by atoms with Crippen LogP contribution in [-0.2, 0) is 0 Å². The summed E-state index contributed by atoms with van der Waals surface area (Å²) in [6.45, 7) is 3.80. The maximum Gasteiger partial charge on any atom is 0.109 e. The summed E-state index contributed by atoms with van der Waals surface area (Å²) in [5.74, 6) is 1.65. The van der Waals surface area contributed by atoms with Gasteiger partial charge in [0.1, 0.15) is 11.5 Å². The van der Waals surface area contributed by atoms with E-state index in [2.05, 4.69) is 6.07 Å². The molecule has 0 aliphatic carbocycles. The molecule has 0 saturated carbocycles. The molecule has 1 aromatic heterocycles. The Morgan fingerprint density at radius 1 is 1.21 bits per heavy atom. The lowest BCUT2D eigenvalue weighted by Crippen LogP contribution is -1.78. The average Bonchev–Trinajstić information content (AvgIpc) is 2.46. The zero-order chi connectivity index (χ0) is 10.1. The summed E-state index contributed by atoms with van der Waals surface area (Å²) in [6, 6.07) is 10.9. The summed E-state index contributed by atoms with van der Waals surface area (Å²) in [7, 11) is 0. The van der Waals surface area contributed by atoms with E-state index >= 15 is 0 Å². The van der Waals surface area contributed by atoms with E-state index in [1.165, 1.54) is 0 Å². The van der Waals surface area contributed by atoms with Crippen LogP contribution in [0.15, 0.2) is 28.7 Å². The Morgan fingerprint density at radius 3 is 2.50 bits per heavy atom. The van der Waals surface area contributed by atoms with Crippen LogP contribution in [0.2, 0.25) is 5.02 Å². The minimum absolute atomic E-state index is 0.729. The standard InChI is InChI=1S/C12H10ClO/c1-8-7-11(9(2)14-8)10-5-3-4-6-12(10)13/h3-6H,1-2H3. The molecule has 0 N–H and O–H groups in total. The zero-order valence-electron chi connectivity index (χ0n) is 8.10. The molecule has 14 heavy (non-hydrogen) atoms. The lowest BCUT2D eigenvalue weighted by atomic mass is 10.1. The highest BCUT2D eigenvalue weighted by molar-refractivity contribution is 6.33. The Hall–Kier alpha value is -1.21. The van der Waals surface area contributed by atoms with Crippen molar-refractivity contribution in [1.29, 1.82) is 0 Å². The summed E-state index contributed by atoms with van der Waals surface area (Å²) in [5.41, 5.74) is 1.93. The molecular formula is C12H10ClO. The highest BCUT2D eigenvalue weighted by atomic mass is 35.5. The van der Waals surface area contributed by atoms with E-state index in [-0.39, 0.29) is 0 Å². The highest BCUT2D eigenvalue weighted by Gasteiger charge is 2.09. The molecule has 0 bridgehead atoms. The third-order valence-corrected chi connectivity index (χ3v) is 2.43. The van der Waals surface area contributed by atoms with E-state index < -0.39 is 0 Å². The van der Waals surface area contributed by atoms with Crippen LogP contribution in [0.5, 0.6) is 0 Å². The quantitative estimate of drug-likeness (QED) is 0.686. The molecule has 0 amide bonds. The third kappa shape index (κ3) is 1.55. The lowest BCUT2D eigenvalue weighted by Gasteiger charge is -2.00. The smallest absolute Gasteiger partial charge is 0.109 e. The number of furan rings is 1. The van der Waals surface area contributed by atoms with Crippen molar-refractivity contribution in [1.82, 2.24) is 0 Å². The number of hydrogen-bond donors (Lipinski definition) is 0. The van der Waals surface area contributed by atoms with Crippen LogP contribution in [0, 0.1) is 19.9 Å². The van der Waals surface area contributed by atoms with Gasteiger partial charge >= 0.3 is 0 Å². The second-order valence-electron chi connectivity index (χ2n) is 3.19. The van der Waals surface area contributed by atoms with E-state index in [9.17, 15) is 0 Å². The van der Waals surface area contributed by atoms with Crippen molar-refractivity contribution in [3.63, 3.8) is 0 Å². The molecule has 2 rings (SSSR count). The van der Waals surface area contributed by atoms with E-state index in [1.54, 1.807) is 0 Å². The fraction of sp³-hybridized carbons (Fsp3) is 0.167. The van der Waals surface area contributed by atoms with Crippen molar-refractivity contribution in [2.45, 2.75) is 13.8 Å². The average molecular weight is 206 g/mol. The first-order valence-electron chi connectivity index (χ1n) is 4.42. The van der Waals surface area contributed by atoms with Crippen molar-refractivity contribution in [3.05, 3.63) is 46.9 Å². The molecular weight excluding hydrogens is 196 g/mol. The topological polar surface area (TPSA) is 13.1 Å². The van der Waals surface area contributed by atoms with Crippen molar-refractivity contribution in [2.75, 3.05) is 0 Å².